The Hall–Kier alpha value is -3.41. The number of hydrogen-bond acceptors (Lipinski definition) is 3. The van der Waals surface area contributed by atoms with Gasteiger partial charge in [-0.2, -0.15) is 10.2 Å². The van der Waals surface area contributed by atoms with Crippen molar-refractivity contribution in [2.45, 2.75) is 20.0 Å². The molecule has 0 saturated carbocycles. The van der Waals surface area contributed by atoms with Crippen LogP contribution >= 0.6 is 0 Å². The summed E-state index contributed by atoms with van der Waals surface area (Å²) >= 11 is 0. The van der Waals surface area contributed by atoms with Gasteiger partial charge in [-0.15, -0.1) is 0 Å². The molecule has 0 unspecified atom stereocenters. The van der Waals surface area contributed by atoms with E-state index < -0.39 is 0 Å². The van der Waals surface area contributed by atoms with Crippen LogP contribution in [-0.4, -0.2) is 25.5 Å². The quantitative estimate of drug-likeness (QED) is 0.601. The Bertz CT molecular complexity index is 1060. The Labute approximate surface area is 151 Å². The molecular weight excluding hydrogens is 326 g/mol. The van der Waals surface area contributed by atoms with Crippen molar-refractivity contribution in [3.05, 3.63) is 78.2 Å². The first-order valence-corrected chi connectivity index (χ1v) is 8.57. The summed E-state index contributed by atoms with van der Waals surface area (Å²) in [6.07, 6.45) is 5.00. The molecule has 0 bridgehead atoms. The number of aryl methyl sites for hydroxylation is 1. The molecule has 4 aromatic rings. The number of aromatic nitrogens is 4. The molecule has 26 heavy (non-hydrogen) atoms. The van der Waals surface area contributed by atoms with Crippen LogP contribution in [0.25, 0.3) is 10.8 Å². The molecule has 2 aromatic carbocycles. The smallest absolute Gasteiger partial charge is 0.259 e. The lowest BCUT2D eigenvalue weighted by Gasteiger charge is -2.10. The van der Waals surface area contributed by atoms with Gasteiger partial charge in [0.15, 0.2) is 0 Å². The molecule has 0 aliphatic heterocycles. The molecular formula is C20H19N5O. The SMILES string of the molecule is CCn1cc(C(=O)Nc2ccnn2Cc2cccc3ccccc23)cn1. The standard InChI is InChI=1S/C20H19N5O/c1-2-24-13-17(12-22-24)20(26)23-19-10-11-21-25(19)14-16-8-5-7-15-6-3-4-9-18(15)16/h3-13H,2,14H2,1H3,(H,23,26). The number of fused-ring (bicyclic) bond motifs is 1. The van der Waals surface area contributed by atoms with Crippen LogP contribution in [0.2, 0.25) is 0 Å². The number of amides is 1. The fourth-order valence-corrected chi connectivity index (χ4v) is 3.00. The number of nitrogens with zero attached hydrogens (tertiary/aromatic N) is 4. The maximum atomic E-state index is 12.5. The van der Waals surface area contributed by atoms with Gasteiger partial charge in [-0.25, -0.2) is 4.68 Å². The second kappa shape index (κ2) is 6.84. The highest BCUT2D eigenvalue weighted by Crippen LogP contribution is 2.20. The summed E-state index contributed by atoms with van der Waals surface area (Å²) in [5.74, 6) is 0.469. The van der Waals surface area contributed by atoms with Crippen LogP contribution in [0.1, 0.15) is 22.8 Å². The molecule has 0 aliphatic carbocycles. The molecule has 0 spiro atoms. The lowest BCUT2D eigenvalue weighted by Crippen LogP contribution is -2.16. The van der Waals surface area contributed by atoms with Crippen LogP contribution in [0, 0.1) is 0 Å². The van der Waals surface area contributed by atoms with E-state index in [-0.39, 0.29) is 5.91 Å². The molecule has 4 rings (SSSR count). The van der Waals surface area contributed by atoms with E-state index in [1.807, 2.05) is 25.1 Å². The van der Waals surface area contributed by atoms with Gasteiger partial charge in [0.25, 0.3) is 5.91 Å². The van der Waals surface area contributed by atoms with Gasteiger partial charge in [0, 0.05) is 18.8 Å². The largest absolute Gasteiger partial charge is 0.307 e. The normalized spacial score (nSPS) is 11.0. The zero-order valence-electron chi connectivity index (χ0n) is 14.5. The van der Waals surface area contributed by atoms with E-state index in [1.165, 1.54) is 10.8 Å². The first-order chi connectivity index (χ1) is 12.7. The number of carbonyl (C=O) groups is 1. The number of hydrogen-bond donors (Lipinski definition) is 1. The Kier molecular flexibility index (Phi) is 4.23. The molecule has 6 nitrogen and oxygen atoms in total. The fraction of sp³-hybridized carbons (Fsp3) is 0.150. The van der Waals surface area contributed by atoms with Crippen LogP contribution in [0.15, 0.2) is 67.1 Å². The monoisotopic (exact) mass is 345 g/mol. The van der Waals surface area contributed by atoms with E-state index in [0.717, 1.165) is 12.1 Å². The summed E-state index contributed by atoms with van der Waals surface area (Å²) in [6.45, 7) is 3.29. The summed E-state index contributed by atoms with van der Waals surface area (Å²) in [5.41, 5.74) is 1.69. The molecule has 0 saturated heterocycles. The van der Waals surface area contributed by atoms with E-state index in [0.29, 0.717) is 17.9 Å². The molecule has 6 heteroatoms. The van der Waals surface area contributed by atoms with E-state index in [4.69, 9.17) is 0 Å². The van der Waals surface area contributed by atoms with Crippen molar-refractivity contribution in [1.29, 1.82) is 0 Å². The van der Waals surface area contributed by atoms with Crippen LogP contribution in [0.4, 0.5) is 5.82 Å². The molecule has 0 radical (unpaired) electrons. The van der Waals surface area contributed by atoms with E-state index in [1.54, 1.807) is 34.0 Å². The number of nitrogens with one attached hydrogen (secondary N) is 1. The predicted molar refractivity (Wildman–Crippen MR) is 101 cm³/mol. The first kappa shape index (κ1) is 16.1. The Balaban J connectivity index is 1.58. The minimum atomic E-state index is -0.190. The lowest BCUT2D eigenvalue weighted by molar-refractivity contribution is 0.102. The second-order valence-corrected chi connectivity index (χ2v) is 6.05. The van der Waals surface area contributed by atoms with Gasteiger partial charge in [-0.3, -0.25) is 9.48 Å². The van der Waals surface area contributed by atoms with Crippen molar-refractivity contribution in [3.8, 4) is 0 Å². The number of benzene rings is 2. The van der Waals surface area contributed by atoms with E-state index in [2.05, 4.69) is 39.8 Å². The molecule has 1 amide bonds. The second-order valence-electron chi connectivity index (χ2n) is 6.05. The lowest BCUT2D eigenvalue weighted by atomic mass is 10.0. The minimum absolute atomic E-state index is 0.190. The zero-order chi connectivity index (χ0) is 17.9. The average molecular weight is 345 g/mol. The molecule has 2 heterocycles. The van der Waals surface area contributed by atoms with Crippen LogP contribution in [-0.2, 0) is 13.1 Å². The Morgan fingerprint density at radius 1 is 1.08 bits per heavy atom. The third kappa shape index (κ3) is 3.09. The van der Waals surface area contributed by atoms with Gasteiger partial charge in [0.1, 0.15) is 5.82 Å². The fourth-order valence-electron chi connectivity index (χ4n) is 3.00. The summed E-state index contributed by atoms with van der Waals surface area (Å²) < 4.78 is 3.52. The van der Waals surface area contributed by atoms with Gasteiger partial charge in [-0.05, 0) is 23.3 Å². The predicted octanol–water partition coefficient (Wildman–Crippen LogP) is 3.55. The molecule has 130 valence electrons. The molecule has 2 aromatic heterocycles. The molecule has 0 aliphatic rings. The van der Waals surface area contributed by atoms with Crippen molar-refractivity contribution in [2.75, 3.05) is 5.32 Å². The van der Waals surface area contributed by atoms with Gasteiger partial charge in [0.2, 0.25) is 0 Å². The van der Waals surface area contributed by atoms with E-state index in [9.17, 15) is 4.79 Å². The number of rotatable bonds is 5. The topological polar surface area (TPSA) is 64.7 Å². The highest BCUT2D eigenvalue weighted by molar-refractivity contribution is 6.03. The summed E-state index contributed by atoms with van der Waals surface area (Å²) in [6, 6.07) is 16.3. The maximum absolute atomic E-state index is 12.5. The zero-order valence-corrected chi connectivity index (χ0v) is 14.5. The molecule has 0 fully saturated rings. The van der Waals surface area contributed by atoms with Crippen molar-refractivity contribution in [3.63, 3.8) is 0 Å². The van der Waals surface area contributed by atoms with Crippen LogP contribution < -0.4 is 5.32 Å². The molecule has 0 atom stereocenters. The summed E-state index contributed by atoms with van der Waals surface area (Å²) in [7, 11) is 0. The van der Waals surface area contributed by atoms with Gasteiger partial charge < -0.3 is 5.32 Å². The van der Waals surface area contributed by atoms with Gasteiger partial charge >= 0.3 is 0 Å². The molecule has 1 N–H and O–H groups in total. The third-order valence-corrected chi connectivity index (χ3v) is 4.38. The average Bonchev–Trinajstić information content (AvgIpc) is 3.32. The van der Waals surface area contributed by atoms with Gasteiger partial charge in [-0.1, -0.05) is 42.5 Å². The van der Waals surface area contributed by atoms with Crippen LogP contribution in [0.5, 0.6) is 0 Å². The Morgan fingerprint density at radius 3 is 2.77 bits per heavy atom. The van der Waals surface area contributed by atoms with Gasteiger partial charge in [0.05, 0.1) is 24.5 Å². The number of carbonyl (C=O) groups excluding carboxylic acids is 1. The van der Waals surface area contributed by atoms with Crippen molar-refractivity contribution >= 4 is 22.5 Å². The van der Waals surface area contributed by atoms with Crippen molar-refractivity contribution in [1.82, 2.24) is 19.6 Å². The summed E-state index contributed by atoms with van der Waals surface area (Å²) in [4.78, 5) is 12.5. The highest BCUT2D eigenvalue weighted by atomic mass is 16.1. The van der Waals surface area contributed by atoms with E-state index >= 15 is 0 Å². The third-order valence-electron chi connectivity index (χ3n) is 4.38. The van der Waals surface area contributed by atoms with Crippen molar-refractivity contribution < 1.29 is 4.79 Å². The summed E-state index contributed by atoms with van der Waals surface area (Å²) in [5, 5.41) is 13.8. The number of anilines is 1. The highest BCUT2D eigenvalue weighted by Gasteiger charge is 2.12. The van der Waals surface area contributed by atoms with Crippen LogP contribution in [0.3, 0.4) is 0 Å². The maximum Gasteiger partial charge on any atom is 0.259 e. The van der Waals surface area contributed by atoms with Crippen molar-refractivity contribution in [2.24, 2.45) is 0 Å². The minimum Gasteiger partial charge on any atom is -0.307 e. The Morgan fingerprint density at radius 2 is 1.92 bits per heavy atom. The first-order valence-electron chi connectivity index (χ1n) is 8.57.